The maximum atomic E-state index is 14.1. The summed E-state index contributed by atoms with van der Waals surface area (Å²) in [6.07, 6.45) is 10.4. The van der Waals surface area contributed by atoms with Crippen LogP contribution < -0.4 is 0 Å². The van der Waals surface area contributed by atoms with Crippen LogP contribution in [-0.2, 0) is 18.4 Å². The second-order valence-electron chi connectivity index (χ2n) is 13.4. The van der Waals surface area contributed by atoms with Crippen molar-refractivity contribution in [3.05, 3.63) is 106 Å². The molecule has 0 aromatic heterocycles. The van der Waals surface area contributed by atoms with E-state index in [0.717, 1.165) is 64.2 Å². The van der Waals surface area contributed by atoms with Gasteiger partial charge in [0.2, 0.25) is 0 Å². The average molecular weight is 956 g/mol. The Balaban J connectivity index is 1.41. The molecule has 0 unspecified atom stereocenters. The molecule has 0 spiro atoms. The molecule has 54 heavy (non-hydrogen) atoms. The third kappa shape index (κ3) is 10.4. The van der Waals surface area contributed by atoms with E-state index in [0.29, 0.717) is 12.8 Å². The molecule has 0 amide bonds. The van der Waals surface area contributed by atoms with Crippen molar-refractivity contribution in [2.75, 3.05) is 0 Å². The van der Waals surface area contributed by atoms with E-state index >= 15 is 0 Å². The van der Waals surface area contributed by atoms with Crippen molar-refractivity contribution in [2.24, 2.45) is 0 Å². The Bertz CT molecular complexity index is 1650. The van der Waals surface area contributed by atoms with Gasteiger partial charge in [-0.05, 0) is 0 Å². The van der Waals surface area contributed by atoms with Crippen LogP contribution in [0.3, 0.4) is 0 Å². The summed E-state index contributed by atoms with van der Waals surface area (Å²) in [6.45, 7) is 4.21. The van der Waals surface area contributed by atoms with Gasteiger partial charge >= 0.3 is 328 Å². The fraction of sp³-hybridized carbons (Fsp3) is 0.400. The minimum atomic E-state index is -5.41. The molecular weight excluding hydrogens is 910 g/mol. The van der Waals surface area contributed by atoms with Gasteiger partial charge in [0, 0.05) is 0 Å². The van der Waals surface area contributed by atoms with E-state index in [1.54, 1.807) is 24.3 Å². The molecule has 14 heteroatoms. The van der Waals surface area contributed by atoms with Crippen molar-refractivity contribution in [1.29, 1.82) is 0 Å². The molecule has 0 N–H and O–H groups in total. The van der Waals surface area contributed by atoms with E-state index in [9.17, 15) is 28.8 Å². The topological polar surface area (TPSA) is 158 Å². The van der Waals surface area contributed by atoms with Gasteiger partial charge in [0.05, 0.1) is 0 Å². The second kappa shape index (κ2) is 19.6. The first-order valence-electron chi connectivity index (χ1n) is 18.8. The molecule has 0 atom stereocenters. The van der Waals surface area contributed by atoms with Crippen LogP contribution in [0.25, 0.3) is 0 Å². The molecule has 5 rings (SSSR count). The van der Waals surface area contributed by atoms with Crippen LogP contribution in [0.5, 0.6) is 0 Å². The normalized spacial score (nSPS) is 15.6. The molecule has 2 heterocycles. The number of hydrogen-bond donors (Lipinski definition) is 0. The summed E-state index contributed by atoms with van der Waals surface area (Å²) in [5.41, 5.74) is -0.510. The quantitative estimate of drug-likeness (QED) is 0.0885. The Morgan fingerprint density at radius 2 is 0.722 bits per heavy atom. The third-order valence-corrected chi connectivity index (χ3v) is 23.3. The van der Waals surface area contributed by atoms with Gasteiger partial charge < -0.3 is 0 Å². The second-order valence-corrected chi connectivity index (χ2v) is 27.5. The van der Waals surface area contributed by atoms with Crippen LogP contribution in [-0.4, -0.2) is 75.1 Å². The molecule has 0 radical (unpaired) electrons. The summed E-state index contributed by atoms with van der Waals surface area (Å²) in [6, 6.07) is 17.8. The van der Waals surface area contributed by atoms with Crippen molar-refractivity contribution < 1.29 is 47.2 Å². The number of unbranched alkanes of at least 4 members (excludes halogenated alkanes) is 10. The van der Waals surface area contributed by atoms with Crippen LogP contribution in [0.4, 0.5) is 0 Å². The summed E-state index contributed by atoms with van der Waals surface area (Å²) in [5.74, 6) is -5.44. The molecule has 0 bridgehead atoms. The number of fused-ring (bicyclic) bond motifs is 2. The minimum absolute atomic E-state index is 0.00171. The van der Waals surface area contributed by atoms with Gasteiger partial charge in [0.15, 0.2) is 0 Å². The van der Waals surface area contributed by atoms with Gasteiger partial charge in [-0.3, -0.25) is 0 Å². The molecule has 2 aliphatic heterocycles. The van der Waals surface area contributed by atoms with E-state index in [1.807, 2.05) is 0 Å². The Labute approximate surface area is 326 Å². The predicted octanol–water partition coefficient (Wildman–Crippen LogP) is 8.65. The fourth-order valence-electron chi connectivity index (χ4n) is 6.37. The standard InChI is InChI=1S/3C8H6O4.2C8H17.2Sn/c3*9-7(10)5-3-1-2-4-6(5)8(11)12;2*1-3-5-7-8-6-4-2;;/h3*1-4H,(H,9,10)(H,11,12);2*1,3-8H2,2H3;;/q;;;;;2*+3/p-6. The van der Waals surface area contributed by atoms with Crippen LogP contribution in [0.15, 0.2) is 72.8 Å². The Kier molecular flexibility index (Phi) is 15.0. The summed E-state index contributed by atoms with van der Waals surface area (Å²) in [4.78, 5) is 81.6. The summed E-state index contributed by atoms with van der Waals surface area (Å²) in [7, 11) is 0. The van der Waals surface area contributed by atoms with Crippen LogP contribution >= 0.6 is 0 Å². The maximum absolute atomic E-state index is 14.1. The summed E-state index contributed by atoms with van der Waals surface area (Å²) >= 11 is -10.8. The molecule has 286 valence electrons. The summed E-state index contributed by atoms with van der Waals surface area (Å²) in [5, 5.41) is 0. The molecule has 12 nitrogen and oxygen atoms in total. The van der Waals surface area contributed by atoms with Gasteiger partial charge in [-0.2, -0.15) is 0 Å². The first-order valence-corrected chi connectivity index (χ1v) is 29.8. The van der Waals surface area contributed by atoms with E-state index in [2.05, 4.69) is 13.8 Å². The van der Waals surface area contributed by atoms with Crippen molar-refractivity contribution in [1.82, 2.24) is 0 Å². The molecule has 3 aromatic carbocycles. The van der Waals surface area contributed by atoms with E-state index in [4.69, 9.17) is 18.4 Å². The number of carbonyl (C=O) groups excluding carboxylic acids is 6. The fourth-order valence-corrected chi connectivity index (χ4v) is 19.4. The zero-order valence-electron chi connectivity index (χ0n) is 30.7. The van der Waals surface area contributed by atoms with Gasteiger partial charge in [-0.15, -0.1) is 0 Å². The molecule has 0 saturated heterocycles. The Morgan fingerprint density at radius 1 is 0.444 bits per heavy atom. The summed E-state index contributed by atoms with van der Waals surface area (Å²) < 4.78 is 35.5. The Morgan fingerprint density at radius 3 is 1.04 bits per heavy atom. The van der Waals surface area contributed by atoms with Crippen molar-refractivity contribution in [2.45, 2.75) is 99.8 Å². The first-order chi connectivity index (χ1) is 26.1. The van der Waals surface area contributed by atoms with Gasteiger partial charge in [0.1, 0.15) is 0 Å². The first kappa shape index (κ1) is 41.2. The molecule has 0 aliphatic carbocycles. The Hall–Kier alpha value is -3.92. The van der Waals surface area contributed by atoms with Crippen molar-refractivity contribution in [3.63, 3.8) is 0 Å². The molecule has 0 fully saturated rings. The monoisotopic (exact) mass is 958 g/mol. The third-order valence-electron chi connectivity index (χ3n) is 9.26. The zero-order valence-corrected chi connectivity index (χ0v) is 36.4. The van der Waals surface area contributed by atoms with E-state index in [-0.39, 0.29) is 42.3 Å². The average Bonchev–Trinajstić information content (AvgIpc) is 3.34. The number of benzene rings is 3. The van der Waals surface area contributed by atoms with E-state index in [1.165, 1.54) is 48.5 Å². The number of hydrogen-bond acceptors (Lipinski definition) is 12. The van der Waals surface area contributed by atoms with Gasteiger partial charge in [0.25, 0.3) is 0 Å². The molecule has 3 aromatic rings. The van der Waals surface area contributed by atoms with Crippen LogP contribution in [0, 0.1) is 0 Å². The molecule has 0 saturated carbocycles. The zero-order chi connectivity index (χ0) is 38.6. The number of rotatable bonds is 18. The SMILES string of the molecule is CCCCCCC[CH2][Sn]1([O]C(=O)c2ccccc2C(=O)[O][Sn]2([CH2]CCCCCCC)[O]C(=O)c3ccccc3C(=O)[O]2)[O]C(=O)c2ccccc2C(=O)[O]1. The predicted molar refractivity (Wildman–Crippen MR) is 200 cm³/mol. The van der Waals surface area contributed by atoms with Crippen molar-refractivity contribution >= 4 is 75.1 Å². The van der Waals surface area contributed by atoms with Crippen LogP contribution in [0.2, 0.25) is 8.87 Å². The van der Waals surface area contributed by atoms with Crippen molar-refractivity contribution in [3.8, 4) is 0 Å². The van der Waals surface area contributed by atoms with Gasteiger partial charge in [-0.25, -0.2) is 0 Å². The van der Waals surface area contributed by atoms with Crippen LogP contribution in [0.1, 0.15) is 153 Å². The molecular formula is C40H46O12Sn2. The number of carbonyl (C=O) groups is 6. The molecule has 2 aliphatic rings. The van der Waals surface area contributed by atoms with E-state index < -0.39 is 75.1 Å². The van der Waals surface area contributed by atoms with Gasteiger partial charge in [-0.1, -0.05) is 0 Å².